The number of hydrogen-bond acceptors (Lipinski definition) is 5. The number of carbonyl (C=O) groups is 1. The summed E-state index contributed by atoms with van der Waals surface area (Å²) in [6.07, 6.45) is 1.62. The largest absolute Gasteiger partial charge is 0.370 e. The van der Waals surface area contributed by atoms with Gasteiger partial charge >= 0.3 is 0 Å². The Hall–Kier alpha value is -0.690. The zero-order valence-corrected chi connectivity index (χ0v) is 9.61. The monoisotopic (exact) mass is 249 g/mol. The van der Waals surface area contributed by atoms with E-state index < -0.39 is 5.91 Å². The van der Waals surface area contributed by atoms with Crippen LogP contribution >= 0.6 is 22.9 Å². The average Bonchev–Trinajstić information content (AvgIpc) is 2.57. The van der Waals surface area contributed by atoms with Gasteiger partial charge in [-0.15, -0.1) is 11.3 Å². The quantitative estimate of drug-likeness (QED) is 0.686. The molecular formula is C8H12ClN3O2S. The van der Waals surface area contributed by atoms with Gasteiger partial charge in [-0.2, -0.15) is 0 Å². The zero-order valence-electron chi connectivity index (χ0n) is 8.03. The molecule has 0 aromatic carbocycles. The normalized spacial score (nSPS) is 10.5. The molecule has 1 heterocycles. The van der Waals surface area contributed by atoms with E-state index >= 15 is 0 Å². The van der Waals surface area contributed by atoms with Crippen LogP contribution in [-0.4, -0.2) is 30.6 Å². The van der Waals surface area contributed by atoms with Gasteiger partial charge in [0, 0.05) is 13.1 Å². The molecule has 0 spiro atoms. The summed E-state index contributed by atoms with van der Waals surface area (Å²) in [6.45, 7) is 1.70. The minimum absolute atomic E-state index is 0.0369. The fourth-order valence-corrected chi connectivity index (χ4v) is 1.81. The van der Waals surface area contributed by atoms with Crippen LogP contribution in [0.3, 0.4) is 0 Å². The Morgan fingerprint density at radius 3 is 3.13 bits per heavy atom. The maximum atomic E-state index is 10.3. The van der Waals surface area contributed by atoms with E-state index in [4.69, 9.17) is 22.1 Å². The predicted octanol–water partition coefficient (Wildman–Crippen LogP) is 0.388. The van der Waals surface area contributed by atoms with Crippen LogP contribution in [0.2, 0.25) is 4.34 Å². The summed E-state index contributed by atoms with van der Waals surface area (Å²) in [4.78, 5) is 14.4. The molecule has 5 nitrogen and oxygen atoms in total. The molecule has 15 heavy (non-hydrogen) atoms. The second-order valence-electron chi connectivity index (χ2n) is 2.75. The highest BCUT2D eigenvalue weighted by atomic mass is 35.5. The van der Waals surface area contributed by atoms with Gasteiger partial charge in [-0.1, -0.05) is 11.6 Å². The van der Waals surface area contributed by atoms with E-state index in [1.807, 2.05) is 0 Å². The lowest BCUT2D eigenvalue weighted by Crippen LogP contribution is -2.23. The Balaban J connectivity index is 2.00. The van der Waals surface area contributed by atoms with Crippen molar-refractivity contribution in [2.24, 2.45) is 5.73 Å². The fraction of sp³-hybridized carbons (Fsp3) is 0.500. The Morgan fingerprint density at radius 1 is 1.73 bits per heavy atom. The van der Waals surface area contributed by atoms with Gasteiger partial charge in [0.15, 0.2) is 0 Å². The lowest BCUT2D eigenvalue weighted by atomic mass is 10.6. The summed E-state index contributed by atoms with van der Waals surface area (Å²) >= 11 is 7.14. The van der Waals surface area contributed by atoms with Gasteiger partial charge in [-0.05, 0) is 0 Å². The van der Waals surface area contributed by atoms with E-state index in [1.165, 1.54) is 11.3 Å². The summed E-state index contributed by atoms with van der Waals surface area (Å²) in [7, 11) is 0. The number of nitrogens with one attached hydrogen (secondary N) is 1. The highest BCUT2D eigenvalue weighted by Crippen LogP contribution is 2.17. The Kier molecular flexibility index (Phi) is 5.56. The van der Waals surface area contributed by atoms with Gasteiger partial charge in [0.25, 0.3) is 0 Å². The zero-order chi connectivity index (χ0) is 11.1. The number of hydrogen-bond donors (Lipinski definition) is 2. The van der Waals surface area contributed by atoms with E-state index in [2.05, 4.69) is 10.3 Å². The molecule has 0 radical (unpaired) electrons. The van der Waals surface area contributed by atoms with Crippen LogP contribution in [0, 0.1) is 0 Å². The van der Waals surface area contributed by atoms with Crippen molar-refractivity contribution in [1.29, 1.82) is 0 Å². The summed E-state index contributed by atoms with van der Waals surface area (Å²) < 4.78 is 5.64. The molecule has 0 bridgehead atoms. The Bertz CT molecular complexity index is 319. The molecule has 0 fully saturated rings. The van der Waals surface area contributed by atoms with Crippen molar-refractivity contribution < 1.29 is 9.53 Å². The minimum atomic E-state index is -0.457. The molecule has 0 unspecified atom stereocenters. The first-order valence-electron chi connectivity index (χ1n) is 4.35. The van der Waals surface area contributed by atoms with Crippen molar-refractivity contribution in [3.63, 3.8) is 0 Å². The van der Waals surface area contributed by atoms with Crippen LogP contribution in [0.5, 0.6) is 0 Å². The number of ether oxygens (including phenoxy) is 1. The van der Waals surface area contributed by atoms with Crippen LogP contribution in [-0.2, 0) is 16.1 Å². The van der Waals surface area contributed by atoms with E-state index in [9.17, 15) is 4.79 Å². The van der Waals surface area contributed by atoms with Crippen molar-refractivity contribution in [3.8, 4) is 0 Å². The van der Waals surface area contributed by atoms with Crippen LogP contribution in [0.25, 0.3) is 0 Å². The van der Waals surface area contributed by atoms with E-state index in [1.54, 1.807) is 6.20 Å². The highest BCUT2D eigenvalue weighted by molar-refractivity contribution is 7.15. The van der Waals surface area contributed by atoms with Crippen LogP contribution in [0.15, 0.2) is 6.20 Å². The number of carbonyl (C=O) groups excluding carboxylic acids is 1. The number of nitrogens with two attached hydrogens (primary N) is 1. The third kappa shape index (κ3) is 5.68. The number of aromatic nitrogens is 1. The molecule has 84 valence electrons. The summed E-state index contributed by atoms with van der Waals surface area (Å²) in [5, 5.41) is 4.03. The van der Waals surface area contributed by atoms with E-state index in [0.717, 1.165) is 5.01 Å². The van der Waals surface area contributed by atoms with Crippen molar-refractivity contribution in [3.05, 3.63) is 15.5 Å². The molecule has 1 aromatic heterocycles. The van der Waals surface area contributed by atoms with Crippen molar-refractivity contribution in [2.45, 2.75) is 6.54 Å². The highest BCUT2D eigenvalue weighted by Gasteiger charge is 1.98. The van der Waals surface area contributed by atoms with E-state index in [-0.39, 0.29) is 6.61 Å². The molecule has 1 rings (SSSR count). The summed E-state index contributed by atoms with van der Waals surface area (Å²) in [6, 6.07) is 0. The molecular weight excluding hydrogens is 238 g/mol. The second kappa shape index (κ2) is 6.73. The smallest absolute Gasteiger partial charge is 0.243 e. The van der Waals surface area contributed by atoms with Gasteiger partial charge in [0.05, 0.1) is 12.8 Å². The summed E-state index contributed by atoms with van der Waals surface area (Å²) in [5.74, 6) is -0.457. The third-order valence-corrected chi connectivity index (χ3v) is 2.58. The molecule has 1 amide bonds. The maximum Gasteiger partial charge on any atom is 0.243 e. The molecule has 0 saturated carbocycles. The standard InChI is InChI=1S/C8H12ClN3O2S/c9-6-3-12-8(15-6)4-11-1-2-14-5-7(10)13/h3,11H,1-2,4-5H2,(H2,10,13). The Labute approximate surface area is 96.6 Å². The van der Waals surface area contributed by atoms with E-state index in [0.29, 0.717) is 24.0 Å². The number of primary amides is 1. The number of nitrogens with zero attached hydrogens (tertiary/aromatic N) is 1. The van der Waals surface area contributed by atoms with Crippen molar-refractivity contribution >= 4 is 28.8 Å². The predicted molar refractivity (Wildman–Crippen MR) is 58.8 cm³/mol. The van der Waals surface area contributed by atoms with Crippen LogP contribution in [0.1, 0.15) is 5.01 Å². The molecule has 0 aliphatic rings. The number of halogens is 1. The molecule has 7 heteroatoms. The second-order valence-corrected chi connectivity index (χ2v) is 4.50. The summed E-state index contributed by atoms with van der Waals surface area (Å²) in [5.41, 5.74) is 4.89. The number of amides is 1. The molecule has 0 aliphatic heterocycles. The molecule has 0 atom stereocenters. The van der Waals surface area contributed by atoms with Gasteiger partial charge in [-0.3, -0.25) is 4.79 Å². The van der Waals surface area contributed by atoms with Gasteiger partial charge in [-0.25, -0.2) is 4.98 Å². The third-order valence-electron chi connectivity index (χ3n) is 1.47. The maximum absolute atomic E-state index is 10.3. The van der Waals surface area contributed by atoms with Crippen LogP contribution in [0.4, 0.5) is 0 Å². The van der Waals surface area contributed by atoms with Crippen molar-refractivity contribution in [1.82, 2.24) is 10.3 Å². The Morgan fingerprint density at radius 2 is 2.53 bits per heavy atom. The average molecular weight is 250 g/mol. The minimum Gasteiger partial charge on any atom is -0.370 e. The number of thiazole rings is 1. The fourth-order valence-electron chi connectivity index (χ4n) is 0.882. The number of rotatable bonds is 7. The van der Waals surface area contributed by atoms with Gasteiger partial charge < -0.3 is 15.8 Å². The van der Waals surface area contributed by atoms with Gasteiger partial charge in [0.1, 0.15) is 16.0 Å². The molecule has 1 aromatic rings. The van der Waals surface area contributed by atoms with Gasteiger partial charge in [0.2, 0.25) is 5.91 Å². The lowest BCUT2D eigenvalue weighted by molar-refractivity contribution is -0.122. The molecule has 0 aliphatic carbocycles. The molecule has 0 saturated heterocycles. The first-order chi connectivity index (χ1) is 7.18. The first kappa shape index (κ1) is 12.4. The van der Waals surface area contributed by atoms with Crippen molar-refractivity contribution in [2.75, 3.05) is 19.8 Å². The topological polar surface area (TPSA) is 77.2 Å². The lowest BCUT2D eigenvalue weighted by Gasteiger charge is -2.02. The van der Waals surface area contributed by atoms with Crippen LogP contribution < -0.4 is 11.1 Å². The first-order valence-corrected chi connectivity index (χ1v) is 5.55. The molecule has 3 N–H and O–H groups in total. The SMILES string of the molecule is NC(=O)COCCNCc1ncc(Cl)s1.